The van der Waals surface area contributed by atoms with Crippen LogP contribution in [0.15, 0.2) is 86.3 Å². The number of hydrogen-bond donors (Lipinski definition) is 0. The second-order valence-corrected chi connectivity index (χ2v) is 11.3. The molecule has 0 unspecified atom stereocenters. The Labute approximate surface area is 198 Å². The van der Waals surface area contributed by atoms with Gasteiger partial charge in [0.15, 0.2) is 0 Å². The van der Waals surface area contributed by atoms with Gasteiger partial charge in [0.05, 0.1) is 4.24 Å². The molecule has 0 fully saturated rings. The molecule has 2 heterocycles. The van der Waals surface area contributed by atoms with E-state index in [0.29, 0.717) is 10.4 Å². The van der Waals surface area contributed by atoms with E-state index in [2.05, 4.69) is 0 Å². The predicted molar refractivity (Wildman–Crippen MR) is 122 cm³/mol. The smallest absolute Gasteiger partial charge is 0.194 e. The zero-order chi connectivity index (χ0) is 23.6. The summed E-state index contributed by atoms with van der Waals surface area (Å²) in [6, 6.07) is 17.1. The first-order valence-electron chi connectivity index (χ1n) is 9.75. The molecule has 2 aromatic carbocycles. The van der Waals surface area contributed by atoms with E-state index in [4.69, 9.17) is 0 Å². The molecule has 1 aliphatic heterocycles. The van der Waals surface area contributed by atoms with Crippen molar-refractivity contribution in [3.8, 4) is 10.4 Å². The summed E-state index contributed by atoms with van der Waals surface area (Å²) in [5.41, 5.74) is -2.23. The highest BCUT2D eigenvalue weighted by Crippen LogP contribution is 2.64. The van der Waals surface area contributed by atoms with E-state index < -0.39 is 28.9 Å². The molecular formula is C24H14F6S3. The molecule has 33 heavy (non-hydrogen) atoms. The van der Waals surface area contributed by atoms with Gasteiger partial charge in [0.2, 0.25) is 0 Å². The van der Waals surface area contributed by atoms with Crippen molar-refractivity contribution >= 4 is 40.4 Å². The number of thiophene rings is 1. The average Bonchev–Trinajstić information content (AvgIpc) is 3.38. The third kappa shape index (κ3) is 3.39. The van der Waals surface area contributed by atoms with E-state index in [0.717, 1.165) is 50.7 Å². The molecule has 0 spiro atoms. The van der Waals surface area contributed by atoms with Gasteiger partial charge in [0, 0.05) is 30.7 Å². The first-order valence-corrected chi connectivity index (χ1v) is 12.2. The summed E-state index contributed by atoms with van der Waals surface area (Å²) in [6.45, 7) is 1.48. The number of fused-ring (bicyclic) bond motifs is 1. The van der Waals surface area contributed by atoms with E-state index >= 15 is 8.78 Å². The van der Waals surface area contributed by atoms with Crippen LogP contribution in [0.5, 0.6) is 0 Å². The quantitative estimate of drug-likeness (QED) is 0.321. The Bertz CT molecular complexity index is 1280. The number of halogens is 6. The maximum atomic E-state index is 15.0. The van der Waals surface area contributed by atoms with Crippen LogP contribution in [0.1, 0.15) is 10.4 Å². The van der Waals surface area contributed by atoms with E-state index in [9.17, 15) is 17.6 Å². The average molecular weight is 513 g/mol. The monoisotopic (exact) mass is 512 g/mol. The highest BCUT2D eigenvalue weighted by molar-refractivity contribution is 8.24. The summed E-state index contributed by atoms with van der Waals surface area (Å²) in [5, 5.41) is 0. The van der Waals surface area contributed by atoms with Crippen LogP contribution in [-0.2, 0) is 0 Å². The van der Waals surface area contributed by atoms with Gasteiger partial charge in [0.1, 0.15) is 0 Å². The molecule has 0 saturated carbocycles. The molecule has 2 aliphatic rings. The van der Waals surface area contributed by atoms with Gasteiger partial charge in [-0.15, -0.1) is 11.3 Å². The zero-order valence-electron chi connectivity index (χ0n) is 16.8. The molecule has 0 bridgehead atoms. The minimum atomic E-state index is -5.55. The third-order valence-electron chi connectivity index (χ3n) is 5.49. The van der Waals surface area contributed by atoms with Crippen molar-refractivity contribution in [2.75, 3.05) is 0 Å². The lowest BCUT2D eigenvalue weighted by molar-refractivity contribution is -0.259. The number of alkyl halides is 6. The topological polar surface area (TPSA) is 0 Å². The van der Waals surface area contributed by atoms with Gasteiger partial charge in [-0.1, -0.05) is 66.0 Å². The number of rotatable bonds is 3. The number of hydrogen-bond acceptors (Lipinski definition) is 3. The molecule has 9 heteroatoms. The summed E-state index contributed by atoms with van der Waals surface area (Å²) >= 11 is 3.30. The maximum Gasteiger partial charge on any atom is 0.380 e. The highest BCUT2D eigenvalue weighted by atomic mass is 32.2. The fourth-order valence-electron chi connectivity index (χ4n) is 3.83. The SMILES string of the molecule is Cc1sc(-c2ccccc2)cc1C1=C(C=C2Sc3ccccc3S2)C(F)(F)C(F)(F)C1(F)F. The summed E-state index contributed by atoms with van der Waals surface area (Å²) in [5.74, 6) is -15.6. The van der Waals surface area contributed by atoms with Gasteiger partial charge in [0.25, 0.3) is 0 Å². The highest BCUT2D eigenvalue weighted by Gasteiger charge is 2.79. The summed E-state index contributed by atoms with van der Waals surface area (Å²) in [4.78, 5) is 2.32. The fraction of sp³-hybridized carbons (Fsp3) is 0.167. The minimum absolute atomic E-state index is 0.244. The summed E-state index contributed by atoms with van der Waals surface area (Å²) in [6.07, 6.45) is 0.804. The third-order valence-corrected chi connectivity index (χ3v) is 9.01. The Morgan fingerprint density at radius 1 is 0.758 bits per heavy atom. The van der Waals surface area contributed by atoms with Gasteiger partial charge >= 0.3 is 17.8 Å². The summed E-state index contributed by atoms with van der Waals surface area (Å²) in [7, 11) is 0. The number of benzene rings is 2. The van der Waals surface area contributed by atoms with E-state index in [1.54, 1.807) is 54.6 Å². The Morgan fingerprint density at radius 2 is 1.33 bits per heavy atom. The predicted octanol–water partition coefficient (Wildman–Crippen LogP) is 9.14. The lowest BCUT2D eigenvalue weighted by Crippen LogP contribution is -2.49. The van der Waals surface area contributed by atoms with Gasteiger partial charge in [-0.2, -0.15) is 26.3 Å². The van der Waals surface area contributed by atoms with Crippen molar-refractivity contribution in [3.63, 3.8) is 0 Å². The van der Waals surface area contributed by atoms with Gasteiger partial charge in [-0.3, -0.25) is 0 Å². The molecule has 0 saturated heterocycles. The maximum absolute atomic E-state index is 15.0. The largest absolute Gasteiger partial charge is 0.380 e. The van der Waals surface area contributed by atoms with Crippen LogP contribution < -0.4 is 0 Å². The van der Waals surface area contributed by atoms with Crippen molar-refractivity contribution in [3.05, 3.63) is 87.0 Å². The van der Waals surface area contributed by atoms with Gasteiger partial charge < -0.3 is 0 Å². The molecule has 0 nitrogen and oxygen atoms in total. The van der Waals surface area contributed by atoms with Crippen molar-refractivity contribution in [1.82, 2.24) is 0 Å². The van der Waals surface area contributed by atoms with Crippen LogP contribution in [0.25, 0.3) is 16.0 Å². The van der Waals surface area contributed by atoms with Crippen molar-refractivity contribution in [2.45, 2.75) is 34.5 Å². The zero-order valence-corrected chi connectivity index (χ0v) is 19.3. The minimum Gasteiger partial charge on any atom is -0.194 e. The van der Waals surface area contributed by atoms with Crippen molar-refractivity contribution in [2.24, 2.45) is 0 Å². The lowest BCUT2D eigenvalue weighted by atomic mass is 9.98. The Morgan fingerprint density at radius 3 is 1.94 bits per heavy atom. The molecule has 0 N–H and O–H groups in total. The molecule has 170 valence electrons. The first-order chi connectivity index (χ1) is 15.5. The van der Waals surface area contributed by atoms with Crippen LogP contribution in [-0.4, -0.2) is 17.8 Å². The Balaban J connectivity index is 1.70. The fourth-order valence-corrected chi connectivity index (χ4v) is 7.24. The number of thioether (sulfide) groups is 2. The molecule has 3 aromatic rings. The first kappa shape index (κ1) is 22.7. The van der Waals surface area contributed by atoms with Crippen LogP contribution in [0.3, 0.4) is 0 Å². The van der Waals surface area contributed by atoms with Crippen molar-refractivity contribution < 1.29 is 26.3 Å². The number of aryl methyl sites for hydroxylation is 1. The Hall–Kier alpha value is -2.10. The van der Waals surface area contributed by atoms with Gasteiger partial charge in [-0.25, -0.2) is 0 Å². The number of allylic oxidation sites excluding steroid dienone is 3. The molecular weight excluding hydrogens is 498 g/mol. The summed E-state index contributed by atoms with van der Waals surface area (Å²) < 4.78 is 89.1. The molecule has 5 rings (SSSR count). The van der Waals surface area contributed by atoms with E-state index in [1.807, 2.05) is 0 Å². The van der Waals surface area contributed by atoms with E-state index in [-0.39, 0.29) is 14.7 Å². The lowest BCUT2D eigenvalue weighted by Gasteiger charge is -2.25. The second kappa shape index (κ2) is 7.71. The second-order valence-electron chi connectivity index (χ2n) is 7.57. The molecule has 0 atom stereocenters. The van der Waals surface area contributed by atoms with Crippen LogP contribution in [0.2, 0.25) is 0 Å². The molecule has 1 aliphatic carbocycles. The van der Waals surface area contributed by atoms with Crippen LogP contribution >= 0.6 is 34.9 Å². The standard InChI is InChI=1S/C24H14F6S3/c1-13-15(11-19(31-13)14-7-3-2-4-8-14)21-16(22(25,26)24(29,30)23(21,27)28)12-20-32-17-9-5-6-10-18(17)33-20/h2-12H,1H3. The van der Waals surface area contributed by atoms with Gasteiger partial charge in [-0.05, 0) is 42.3 Å². The van der Waals surface area contributed by atoms with Crippen molar-refractivity contribution in [1.29, 1.82) is 0 Å². The van der Waals surface area contributed by atoms with Crippen LogP contribution in [0.4, 0.5) is 26.3 Å². The Kier molecular flexibility index (Phi) is 5.30. The van der Waals surface area contributed by atoms with Crippen LogP contribution in [0, 0.1) is 6.92 Å². The van der Waals surface area contributed by atoms with E-state index in [1.165, 1.54) is 13.0 Å². The molecule has 1 aromatic heterocycles. The molecule has 0 amide bonds. The molecule has 0 radical (unpaired) electrons. The normalized spacial score (nSPS) is 20.3.